The van der Waals surface area contributed by atoms with Crippen molar-refractivity contribution in [1.29, 1.82) is 0 Å². The van der Waals surface area contributed by atoms with Crippen LogP contribution in [0.25, 0.3) is 0 Å². The van der Waals surface area contributed by atoms with E-state index in [4.69, 9.17) is 14.2 Å². The third-order valence-electron chi connectivity index (χ3n) is 5.36. The zero-order chi connectivity index (χ0) is 19.1. The molecule has 0 aliphatic carbocycles. The van der Waals surface area contributed by atoms with Gasteiger partial charge in [-0.1, -0.05) is 6.07 Å². The maximum Gasteiger partial charge on any atom is 0.227 e. The first-order valence-electron chi connectivity index (χ1n) is 9.70. The molecule has 1 aromatic rings. The molecule has 0 saturated carbocycles. The summed E-state index contributed by atoms with van der Waals surface area (Å²) >= 11 is 0. The van der Waals surface area contributed by atoms with E-state index in [1.807, 2.05) is 23.1 Å². The van der Waals surface area contributed by atoms with Crippen molar-refractivity contribution in [2.24, 2.45) is 0 Å². The van der Waals surface area contributed by atoms with Crippen LogP contribution in [0.4, 0.5) is 0 Å². The predicted molar refractivity (Wildman–Crippen MR) is 104 cm³/mol. The third-order valence-corrected chi connectivity index (χ3v) is 5.36. The largest absolute Gasteiger partial charge is 0.493 e. The molecule has 2 fully saturated rings. The summed E-state index contributed by atoms with van der Waals surface area (Å²) in [6.45, 7) is 9.40. The Kier molecular flexibility index (Phi) is 7.32. The molecule has 0 bridgehead atoms. The molecule has 2 aliphatic rings. The van der Waals surface area contributed by atoms with Crippen LogP contribution in [0.1, 0.15) is 5.56 Å². The average Bonchev–Trinajstić information content (AvgIpc) is 2.73. The monoisotopic (exact) mass is 377 g/mol. The molecule has 1 amide bonds. The van der Waals surface area contributed by atoms with Gasteiger partial charge in [-0.15, -0.1) is 0 Å². The minimum Gasteiger partial charge on any atom is -0.493 e. The van der Waals surface area contributed by atoms with Gasteiger partial charge in [0.05, 0.1) is 33.9 Å². The molecule has 7 nitrogen and oxygen atoms in total. The fraction of sp³-hybridized carbons (Fsp3) is 0.650. The van der Waals surface area contributed by atoms with Crippen molar-refractivity contribution >= 4 is 5.91 Å². The number of piperazine rings is 1. The van der Waals surface area contributed by atoms with Gasteiger partial charge in [-0.25, -0.2) is 0 Å². The Morgan fingerprint density at radius 1 is 0.926 bits per heavy atom. The van der Waals surface area contributed by atoms with Gasteiger partial charge in [0, 0.05) is 52.4 Å². The Bertz CT molecular complexity index is 611. The maximum absolute atomic E-state index is 12.6. The minimum absolute atomic E-state index is 0.176. The summed E-state index contributed by atoms with van der Waals surface area (Å²) in [6, 6.07) is 5.66. The van der Waals surface area contributed by atoms with Gasteiger partial charge in [-0.2, -0.15) is 0 Å². The van der Waals surface area contributed by atoms with E-state index in [-0.39, 0.29) is 5.91 Å². The second-order valence-electron chi connectivity index (χ2n) is 7.04. The van der Waals surface area contributed by atoms with Gasteiger partial charge < -0.3 is 19.1 Å². The SMILES string of the molecule is COc1ccc(CC(=O)N2CCN(CCN3CCOCC3)CC2)cc1OC. The molecule has 2 heterocycles. The highest BCUT2D eigenvalue weighted by Crippen LogP contribution is 2.27. The van der Waals surface area contributed by atoms with E-state index >= 15 is 0 Å². The van der Waals surface area contributed by atoms with Crippen molar-refractivity contribution in [2.45, 2.75) is 6.42 Å². The van der Waals surface area contributed by atoms with Crippen molar-refractivity contribution < 1.29 is 19.0 Å². The van der Waals surface area contributed by atoms with E-state index in [1.54, 1.807) is 14.2 Å². The quantitative estimate of drug-likeness (QED) is 0.698. The van der Waals surface area contributed by atoms with E-state index in [1.165, 1.54) is 0 Å². The Morgan fingerprint density at radius 2 is 1.56 bits per heavy atom. The lowest BCUT2D eigenvalue weighted by Gasteiger charge is -2.36. The zero-order valence-corrected chi connectivity index (χ0v) is 16.5. The average molecular weight is 377 g/mol. The third kappa shape index (κ3) is 5.57. The first kappa shape index (κ1) is 19.9. The number of methoxy groups -OCH3 is 2. The highest BCUT2D eigenvalue weighted by atomic mass is 16.5. The van der Waals surface area contributed by atoms with Crippen LogP contribution in [0, 0.1) is 0 Å². The molecule has 1 aromatic carbocycles. The van der Waals surface area contributed by atoms with Crippen molar-refractivity contribution in [1.82, 2.24) is 14.7 Å². The fourth-order valence-corrected chi connectivity index (χ4v) is 3.61. The lowest BCUT2D eigenvalue weighted by Crippen LogP contribution is -2.51. The van der Waals surface area contributed by atoms with Gasteiger partial charge in [0.1, 0.15) is 0 Å². The fourth-order valence-electron chi connectivity index (χ4n) is 3.61. The first-order valence-corrected chi connectivity index (χ1v) is 9.70. The maximum atomic E-state index is 12.6. The van der Waals surface area contributed by atoms with Gasteiger partial charge in [-0.05, 0) is 17.7 Å². The standard InChI is InChI=1S/C20H31N3O4/c1-25-18-4-3-17(15-19(18)26-2)16-20(24)23-9-7-21(8-10-23)5-6-22-11-13-27-14-12-22/h3-4,15H,5-14,16H2,1-2H3. The number of nitrogens with zero attached hydrogens (tertiary/aromatic N) is 3. The molecule has 150 valence electrons. The van der Waals surface area contributed by atoms with E-state index in [0.717, 1.165) is 71.1 Å². The summed E-state index contributed by atoms with van der Waals surface area (Å²) in [6.07, 6.45) is 0.397. The van der Waals surface area contributed by atoms with Crippen LogP contribution in [0.5, 0.6) is 11.5 Å². The van der Waals surface area contributed by atoms with Gasteiger partial charge >= 0.3 is 0 Å². The molecule has 0 unspecified atom stereocenters. The van der Waals surface area contributed by atoms with Crippen LogP contribution < -0.4 is 9.47 Å². The zero-order valence-electron chi connectivity index (χ0n) is 16.5. The minimum atomic E-state index is 0.176. The normalized spacial score (nSPS) is 19.1. The van der Waals surface area contributed by atoms with Crippen molar-refractivity contribution in [3.8, 4) is 11.5 Å². The Morgan fingerprint density at radius 3 is 2.19 bits per heavy atom. The summed E-state index contributed by atoms with van der Waals surface area (Å²) in [7, 11) is 3.22. The molecule has 0 N–H and O–H groups in total. The number of hydrogen-bond donors (Lipinski definition) is 0. The summed E-state index contributed by atoms with van der Waals surface area (Å²) in [5.41, 5.74) is 0.951. The Balaban J connectivity index is 1.43. The lowest BCUT2D eigenvalue weighted by molar-refractivity contribution is -0.132. The predicted octanol–water partition coefficient (Wildman–Crippen LogP) is 0.723. The van der Waals surface area contributed by atoms with Crippen LogP contribution >= 0.6 is 0 Å². The van der Waals surface area contributed by atoms with Gasteiger partial charge in [-0.3, -0.25) is 14.6 Å². The highest BCUT2D eigenvalue weighted by molar-refractivity contribution is 5.79. The van der Waals surface area contributed by atoms with E-state index in [0.29, 0.717) is 17.9 Å². The smallest absolute Gasteiger partial charge is 0.227 e. The van der Waals surface area contributed by atoms with E-state index in [9.17, 15) is 4.79 Å². The molecular formula is C20H31N3O4. The van der Waals surface area contributed by atoms with Gasteiger partial charge in [0.2, 0.25) is 5.91 Å². The molecule has 3 rings (SSSR count). The molecule has 2 saturated heterocycles. The summed E-state index contributed by atoms with van der Waals surface area (Å²) in [4.78, 5) is 19.5. The van der Waals surface area contributed by atoms with Gasteiger partial charge in [0.25, 0.3) is 0 Å². The number of hydrogen-bond acceptors (Lipinski definition) is 6. The topological polar surface area (TPSA) is 54.5 Å². The Hall–Kier alpha value is -1.83. The molecule has 7 heteroatoms. The molecule has 0 atom stereocenters. The number of rotatable bonds is 7. The number of carbonyl (C=O) groups excluding carboxylic acids is 1. The summed E-state index contributed by atoms with van der Waals surface area (Å²) in [5.74, 6) is 1.52. The van der Waals surface area contributed by atoms with Crippen LogP contribution in [-0.2, 0) is 16.0 Å². The van der Waals surface area contributed by atoms with Crippen LogP contribution in [0.2, 0.25) is 0 Å². The molecular weight excluding hydrogens is 346 g/mol. The number of morpholine rings is 1. The van der Waals surface area contributed by atoms with Crippen LogP contribution in [0.15, 0.2) is 18.2 Å². The number of amides is 1. The second kappa shape index (κ2) is 9.92. The number of ether oxygens (including phenoxy) is 3. The van der Waals surface area contributed by atoms with Gasteiger partial charge in [0.15, 0.2) is 11.5 Å². The summed E-state index contributed by atoms with van der Waals surface area (Å²) < 4.78 is 16.0. The number of benzene rings is 1. The lowest BCUT2D eigenvalue weighted by atomic mass is 10.1. The van der Waals surface area contributed by atoms with E-state index < -0.39 is 0 Å². The molecule has 27 heavy (non-hydrogen) atoms. The Labute approximate surface area is 161 Å². The summed E-state index contributed by atoms with van der Waals surface area (Å²) in [5, 5.41) is 0. The van der Waals surface area contributed by atoms with E-state index in [2.05, 4.69) is 9.80 Å². The second-order valence-corrected chi connectivity index (χ2v) is 7.04. The first-order chi connectivity index (χ1) is 13.2. The molecule has 0 spiro atoms. The van der Waals surface area contributed by atoms with Crippen molar-refractivity contribution in [3.63, 3.8) is 0 Å². The van der Waals surface area contributed by atoms with Crippen LogP contribution in [-0.4, -0.2) is 100 Å². The molecule has 0 aromatic heterocycles. The van der Waals surface area contributed by atoms with Crippen molar-refractivity contribution in [2.75, 3.05) is 79.8 Å². The van der Waals surface area contributed by atoms with Crippen LogP contribution in [0.3, 0.4) is 0 Å². The highest BCUT2D eigenvalue weighted by Gasteiger charge is 2.22. The molecule has 0 radical (unpaired) electrons. The molecule has 2 aliphatic heterocycles. The van der Waals surface area contributed by atoms with Crippen molar-refractivity contribution in [3.05, 3.63) is 23.8 Å². The number of carbonyl (C=O) groups is 1.